The maximum absolute atomic E-state index is 12.9. The number of carbonyl (C=O) groups is 1. The highest BCUT2D eigenvalue weighted by Crippen LogP contribution is 2.30. The number of benzene rings is 2. The van der Waals surface area contributed by atoms with Gasteiger partial charge in [-0.15, -0.1) is 0 Å². The molecule has 0 aliphatic carbocycles. The Balaban J connectivity index is 1.48. The molecule has 6 nitrogen and oxygen atoms in total. The number of ether oxygens (including phenoxy) is 2. The van der Waals surface area contributed by atoms with Crippen LogP contribution in [-0.2, 0) is 0 Å². The van der Waals surface area contributed by atoms with E-state index in [1.54, 1.807) is 6.20 Å². The number of aromatic nitrogens is 2. The van der Waals surface area contributed by atoms with Gasteiger partial charge >= 0.3 is 0 Å². The first-order valence-corrected chi connectivity index (χ1v) is 9.84. The molecule has 3 aromatic rings. The molecule has 2 aromatic carbocycles. The summed E-state index contributed by atoms with van der Waals surface area (Å²) in [6.45, 7) is 6.93. The predicted molar refractivity (Wildman–Crippen MR) is 111 cm³/mol. The van der Waals surface area contributed by atoms with E-state index in [0.29, 0.717) is 24.5 Å². The number of nitrogens with one attached hydrogen (secondary N) is 1. The van der Waals surface area contributed by atoms with E-state index in [9.17, 15) is 4.79 Å². The Bertz CT molecular complexity index is 1010. The van der Waals surface area contributed by atoms with Gasteiger partial charge in [-0.05, 0) is 37.1 Å². The van der Waals surface area contributed by atoms with Crippen LogP contribution in [0.4, 0.5) is 0 Å². The molecule has 0 saturated carbocycles. The van der Waals surface area contributed by atoms with Crippen LogP contribution < -0.4 is 14.8 Å². The van der Waals surface area contributed by atoms with Gasteiger partial charge < -0.3 is 14.8 Å². The monoisotopic (exact) mass is 391 g/mol. The van der Waals surface area contributed by atoms with Crippen molar-refractivity contribution in [2.75, 3.05) is 13.2 Å². The standard InChI is InChI=1S/C23H25N3O3/c1-15(2)22-19(13-25-26(22)17-10-8-16(3)9-11-17)23(27)24-12-18-14-28-20-6-4-5-7-21(20)29-18/h4-11,13,15,18H,12,14H2,1-3H3,(H,24,27). The summed E-state index contributed by atoms with van der Waals surface area (Å²) >= 11 is 0. The Kier molecular flexibility index (Phi) is 5.25. The predicted octanol–water partition coefficient (Wildman–Crippen LogP) is 3.87. The fourth-order valence-electron chi connectivity index (χ4n) is 3.45. The lowest BCUT2D eigenvalue weighted by Gasteiger charge is -2.26. The van der Waals surface area contributed by atoms with Gasteiger partial charge in [0.1, 0.15) is 12.7 Å². The summed E-state index contributed by atoms with van der Waals surface area (Å²) in [6, 6.07) is 15.7. The van der Waals surface area contributed by atoms with E-state index in [0.717, 1.165) is 17.1 Å². The topological polar surface area (TPSA) is 65.4 Å². The largest absolute Gasteiger partial charge is 0.486 e. The van der Waals surface area contributed by atoms with Crippen molar-refractivity contribution in [3.05, 3.63) is 71.5 Å². The van der Waals surface area contributed by atoms with Crippen LogP contribution in [0.2, 0.25) is 0 Å². The summed E-state index contributed by atoms with van der Waals surface area (Å²) in [4.78, 5) is 12.9. The Morgan fingerprint density at radius 2 is 1.90 bits per heavy atom. The van der Waals surface area contributed by atoms with E-state index < -0.39 is 0 Å². The minimum Gasteiger partial charge on any atom is -0.486 e. The van der Waals surface area contributed by atoms with Gasteiger partial charge in [-0.25, -0.2) is 4.68 Å². The van der Waals surface area contributed by atoms with Crippen LogP contribution in [0.15, 0.2) is 54.7 Å². The molecule has 1 unspecified atom stereocenters. The first kappa shape index (κ1) is 19.1. The van der Waals surface area contributed by atoms with Gasteiger partial charge in [-0.3, -0.25) is 4.79 Å². The number of amides is 1. The molecular weight excluding hydrogens is 366 g/mol. The molecule has 1 amide bonds. The molecule has 0 fully saturated rings. The maximum Gasteiger partial charge on any atom is 0.254 e. The van der Waals surface area contributed by atoms with Crippen molar-refractivity contribution in [2.24, 2.45) is 0 Å². The number of nitrogens with zero attached hydrogens (tertiary/aromatic N) is 2. The number of hydrogen-bond donors (Lipinski definition) is 1. The number of hydrogen-bond acceptors (Lipinski definition) is 4. The summed E-state index contributed by atoms with van der Waals surface area (Å²) in [7, 11) is 0. The summed E-state index contributed by atoms with van der Waals surface area (Å²) in [5.41, 5.74) is 3.59. The maximum atomic E-state index is 12.9. The summed E-state index contributed by atoms with van der Waals surface area (Å²) in [5, 5.41) is 7.45. The van der Waals surface area contributed by atoms with Gasteiger partial charge in [0.25, 0.3) is 5.91 Å². The number of rotatable bonds is 5. The Morgan fingerprint density at radius 1 is 1.17 bits per heavy atom. The fraction of sp³-hybridized carbons (Fsp3) is 0.304. The molecule has 0 radical (unpaired) electrons. The molecule has 2 heterocycles. The third kappa shape index (κ3) is 3.97. The molecule has 150 valence electrons. The molecule has 1 aromatic heterocycles. The zero-order valence-electron chi connectivity index (χ0n) is 16.9. The van der Waals surface area contributed by atoms with E-state index in [1.165, 1.54) is 5.56 Å². The Hall–Kier alpha value is -3.28. The molecule has 0 spiro atoms. The van der Waals surface area contributed by atoms with Crippen LogP contribution in [0.3, 0.4) is 0 Å². The van der Waals surface area contributed by atoms with Gasteiger partial charge in [0.15, 0.2) is 11.5 Å². The second-order valence-corrected chi connectivity index (χ2v) is 7.55. The first-order chi connectivity index (χ1) is 14.0. The van der Waals surface area contributed by atoms with Crippen LogP contribution in [0.25, 0.3) is 5.69 Å². The van der Waals surface area contributed by atoms with Crippen molar-refractivity contribution in [3.8, 4) is 17.2 Å². The molecule has 1 N–H and O–H groups in total. The SMILES string of the molecule is Cc1ccc(-n2ncc(C(=O)NCC3COc4ccccc4O3)c2C(C)C)cc1. The zero-order valence-corrected chi connectivity index (χ0v) is 16.9. The highest BCUT2D eigenvalue weighted by atomic mass is 16.6. The van der Waals surface area contributed by atoms with Gasteiger partial charge in [0.2, 0.25) is 0 Å². The van der Waals surface area contributed by atoms with Crippen molar-refractivity contribution in [3.63, 3.8) is 0 Å². The van der Waals surface area contributed by atoms with Crippen LogP contribution in [0.5, 0.6) is 11.5 Å². The van der Waals surface area contributed by atoms with E-state index in [1.807, 2.05) is 60.1 Å². The number of fused-ring (bicyclic) bond motifs is 1. The van der Waals surface area contributed by atoms with Crippen molar-refractivity contribution >= 4 is 5.91 Å². The zero-order chi connectivity index (χ0) is 20.4. The van der Waals surface area contributed by atoms with E-state index in [2.05, 4.69) is 24.3 Å². The molecule has 1 aliphatic rings. The van der Waals surface area contributed by atoms with E-state index in [-0.39, 0.29) is 17.9 Å². The molecule has 1 aliphatic heterocycles. The minimum atomic E-state index is -0.233. The highest BCUT2D eigenvalue weighted by Gasteiger charge is 2.24. The van der Waals surface area contributed by atoms with Crippen molar-refractivity contribution in [1.82, 2.24) is 15.1 Å². The lowest BCUT2D eigenvalue weighted by molar-refractivity contribution is 0.0788. The quantitative estimate of drug-likeness (QED) is 0.717. The van der Waals surface area contributed by atoms with Crippen LogP contribution in [0, 0.1) is 6.92 Å². The lowest BCUT2D eigenvalue weighted by Crippen LogP contribution is -2.40. The molecule has 0 saturated heterocycles. The molecule has 0 bridgehead atoms. The van der Waals surface area contributed by atoms with Gasteiger partial charge in [0.05, 0.1) is 29.7 Å². The van der Waals surface area contributed by atoms with E-state index >= 15 is 0 Å². The van der Waals surface area contributed by atoms with Crippen LogP contribution in [-0.4, -0.2) is 34.9 Å². The lowest BCUT2D eigenvalue weighted by atomic mass is 10.0. The average molecular weight is 391 g/mol. The van der Waals surface area contributed by atoms with Gasteiger partial charge in [-0.1, -0.05) is 43.7 Å². The smallest absolute Gasteiger partial charge is 0.254 e. The second-order valence-electron chi connectivity index (χ2n) is 7.55. The Labute approximate surface area is 170 Å². The molecule has 4 rings (SSSR count). The second kappa shape index (κ2) is 7.99. The molecule has 29 heavy (non-hydrogen) atoms. The van der Waals surface area contributed by atoms with Gasteiger partial charge in [-0.2, -0.15) is 5.10 Å². The third-order valence-corrected chi connectivity index (χ3v) is 4.93. The van der Waals surface area contributed by atoms with E-state index in [4.69, 9.17) is 9.47 Å². The van der Waals surface area contributed by atoms with Crippen molar-refractivity contribution in [1.29, 1.82) is 0 Å². The fourth-order valence-corrected chi connectivity index (χ4v) is 3.45. The summed E-state index contributed by atoms with van der Waals surface area (Å²) < 4.78 is 13.5. The van der Waals surface area contributed by atoms with Crippen LogP contribution in [0.1, 0.15) is 41.4 Å². The summed E-state index contributed by atoms with van der Waals surface area (Å²) in [5.74, 6) is 1.42. The number of carbonyl (C=O) groups excluding carboxylic acids is 1. The average Bonchev–Trinajstić information content (AvgIpc) is 3.18. The Morgan fingerprint density at radius 3 is 2.62 bits per heavy atom. The van der Waals surface area contributed by atoms with Crippen LogP contribution >= 0.6 is 0 Å². The minimum absolute atomic E-state index is 0.140. The molecule has 6 heteroatoms. The normalized spacial score (nSPS) is 15.4. The number of aryl methyl sites for hydroxylation is 1. The molecule has 1 atom stereocenters. The van der Waals surface area contributed by atoms with Crippen molar-refractivity contribution in [2.45, 2.75) is 32.8 Å². The van der Waals surface area contributed by atoms with Crippen molar-refractivity contribution < 1.29 is 14.3 Å². The van der Waals surface area contributed by atoms with Gasteiger partial charge in [0, 0.05) is 0 Å². The summed E-state index contributed by atoms with van der Waals surface area (Å²) in [6.07, 6.45) is 1.40. The molecular formula is C23H25N3O3. The highest BCUT2D eigenvalue weighted by molar-refractivity contribution is 5.95. The third-order valence-electron chi connectivity index (χ3n) is 4.93. The number of para-hydroxylation sites is 2. The first-order valence-electron chi connectivity index (χ1n) is 9.84.